The Kier molecular flexibility index (Phi) is 8.12. The number of carbonyl (C=O) groups is 1. The number of nitrogens with one attached hydrogen (secondary N) is 3. The maximum atomic E-state index is 10.8. The van der Waals surface area contributed by atoms with Gasteiger partial charge in [0.25, 0.3) is 0 Å². The summed E-state index contributed by atoms with van der Waals surface area (Å²) in [6.45, 7) is 0.162. The van der Waals surface area contributed by atoms with Crippen molar-refractivity contribution in [2.45, 2.75) is 32.6 Å². The van der Waals surface area contributed by atoms with Crippen LogP contribution in [0.5, 0.6) is 0 Å². The van der Waals surface area contributed by atoms with E-state index >= 15 is 0 Å². The molecule has 0 aromatic carbocycles. The maximum absolute atomic E-state index is 10.8. The van der Waals surface area contributed by atoms with Gasteiger partial charge >= 0.3 is 0 Å². The minimum atomic E-state index is -2.06. The van der Waals surface area contributed by atoms with E-state index in [1.807, 2.05) is 0 Å². The van der Waals surface area contributed by atoms with Crippen molar-refractivity contribution in [2.24, 2.45) is 5.73 Å². The second-order valence-corrected chi connectivity index (χ2v) is 3.74. The quantitative estimate of drug-likeness (QED) is 0.361. The van der Waals surface area contributed by atoms with E-state index in [4.69, 9.17) is 11.2 Å². The Hall–Kier alpha value is -0.650. The highest BCUT2D eigenvalue weighted by Crippen LogP contribution is 1.85. The molecule has 5 heteroatoms. The van der Waals surface area contributed by atoms with Crippen LogP contribution in [0, 0.1) is 0 Å². The van der Waals surface area contributed by atoms with Crippen molar-refractivity contribution in [1.82, 2.24) is 16.0 Å². The Morgan fingerprint density at radius 3 is 2.35 bits per heavy atom. The summed E-state index contributed by atoms with van der Waals surface area (Å²) in [6, 6.07) is 0. The zero-order valence-corrected chi connectivity index (χ0v) is 10.6. The van der Waals surface area contributed by atoms with Gasteiger partial charge in [-0.05, 0) is 58.4 Å². The number of hydrogen-bond donors (Lipinski definition) is 4. The van der Waals surface area contributed by atoms with E-state index < -0.39 is 25.3 Å². The summed E-state index contributed by atoms with van der Waals surface area (Å²) in [5, 5.41) is 8.02. The van der Waals surface area contributed by atoms with E-state index in [1.165, 1.54) is 6.92 Å². The van der Waals surface area contributed by atoms with Gasteiger partial charge in [0.05, 0.1) is 0 Å². The summed E-state index contributed by atoms with van der Waals surface area (Å²) in [4.78, 5) is 10.8. The van der Waals surface area contributed by atoms with E-state index in [9.17, 15) is 4.79 Å². The second-order valence-electron chi connectivity index (χ2n) is 3.74. The van der Waals surface area contributed by atoms with E-state index in [-0.39, 0.29) is 0 Å². The molecule has 0 unspecified atom stereocenters. The fourth-order valence-corrected chi connectivity index (χ4v) is 1.18. The predicted octanol–water partition coefficient (Wildman–Crippen LogP) is -0.179. The van der Waals surface area contributed by atoms with Gasteiger partial charge in [0, 0.05) is 18.9 Å². The molecule has 0 rings (SSSR count). The van der Waals surface area contributed by atoms with E-state index in [1.54, 1.807) is 0 Å². The molecule has 0 fully saturated rings. The van der Waals surface area contributed by atoms with Crippen LogP contribution in [-0.2, 0) is 4.79 Å². The van der Waals surface area contributed by atoms with Gasteiger partial charge in [-0.15, -0.1) is 0 Å². The van der Waals surface area contributed by atoms with Gasteiger partial charge in [0.2, 0.25) is 5.91 Å². The monoisotopic (exact) mass is 248 g/mol. The zero-order chi connectivity index (χ0) is 16.4. The average Bonchev–Trinajstić information content (AvgIpc) is 2.29. The molecule has 5 N–H and O–H groups in total. The Morgan fingerprint density at radius 1 is 1.06 bits per heavy atom. The van der Waals surface area contributed by atoms with Crippen molar-refractivity contribution in [3.8, 4) is 0 Å². The Morgan fingerprint density at radius 2 is 1.71 bits per heavy atom. The predicted molar refractivity (Wildman–Crippen MR) is 71.9 cm³/mol. The molecule has 1 amide bonds. The van der Waals surface area contributed by atoms with Gasteiger partial charge < -0.3 is 21.7 Å². The first-order valence-electron chi connectivity index (χ1n) is 8.13. The molecular weight excluding hydrogens is 216 g/mol. The van der Waals surface area contributed by atoms with Crippen molar-refractivity contribution in [3.63, 3.8) is 0 Å². The third-order valence-electron chi connectivity index (χ3n) is 2.03. The molecular formula is C12H28N4O. The van der Waals surface area contributed by atoms with Crippen LogP contribution in [0.3, 0.4) is 0 Å². The zero-order valence-electron chi connectivity index (χ0n) is 14.6. The minimum absolute atomic E-state index is 0.436. The van der Waals surface area contributed by atoms with Crippen LogP contribution in [-0.4, -0.2) is 45.1 Å². The van der Waals surface area contributed by atoms with Crippen LogP contribution in [0.15, 0.2) is 0 Å². The largest absolute Gasteiger partial charge is 0.356 e. The molecule has 0 saturated carbocycles. The van der Waals surface area contributed by atoms with Crippen molar-refractivity contribution in [2.75, 3.05) is 39.2 Å². The summed E-state index contributed by atoms with van der Waals surface area (Å²) in [6.07, 6.45) is 2.21. The number of amides is 1. The average molecular weight is 248 g/mol. The lowest BCUT2D eigenvalue weighted by atomic mass is 10.3. The molecule has 0 aliphatic heterocycles. The third-order valence-corrected chi connectivity index (χ3v) is 2.03. The van der Waals surface area contributed by atoms with Gasteiger partial charge in [-0.3, -0.25) is 4.79 Å². The summed E-state index contributed by atoms with van der Waals surface area (Å²) in [5.74, 6) is -0.514. The van der Waals surface area contributed by atoms with Crippen LogP contribution >= 0.6 is 0 Å². The highest BCUT2D eigenvalue weighted by molar-refractivity contribution is 5.72. The van der Waals surface area contributed by atoms with Gasteiger partial charge in [0.1, 0.15) is 0 Å². The van der Waals surface area contributed by atoms with Gasteiger partial charge in [-0.1, -0.05) is 0 Å². The van der Waals surface area contributed by atoms with Gasteiger partial charge in [-0.2, -0.15) is 0 Å². The number of rotatable bonds is 12. The Labute approximate surface area is 111 Å². The minimum Gasteiger partial charge on any atom is -0.356 e. The lowest BCUT2D eigenvalue weighted by Gasteiger charge is -2.06. The van der Waals surface area contributed by atoms with E-state index in [0.29, 0.717) is 13.1 Å². The van der Waals surface area contributed by atoms with Crippen LogP contribution in [0.25, 0.3) is 0 Å². The van der Waals surface area contributed by atoms with Crippen molar-refractivity contribution in [1.29, 1.82) is 0 Å². The van der Waals surface area contributed by atoms with Crippen LogP contribution in [0.4, 0.5) is 0 Å². The first-order valence-corrected chi connectivity index (χ1v) is 6.13. The van der Waals surface area contributed by atoms with Gasteiger partial charge in [0.15, 0.2) is 0 Å². The molecule has 0 aliphatic rings. The first-order chi connectivity index (χ1) is 9.68. The number of nitrogens with two attached hydrogens (primary N) is 1. The number of hydrogen-bond acceptors (Lipinski definition) is 4. The van der Waals surface area contributed by atoms with Crippen LogP contribution < -0.4 is 21.7 Å². The summed E-state index contributed by atoms with van der Waals surface area (Å²) in [5.41, 5.74) is 5.37. The standard InChI is InChI=1S/C12H28N4O/c1-12(17)16-11-5-10-15-8-3-2-7-14-9-4-6-13/h14-15H,2-11,13H2,1H3,(H,16,17)/i10D2,11D2. The summed E-state index contributed by atoms with van der Waals surface area (Å²) in [7, 11) is 0. The molecule has 0 heterocycles. The van der Waals surface area contributed by atoms with E-state index in [2.05, 4.69) is 16.0 Å². The summed E-state index contributed by atoms with van der Waals surface area (Å²) < 4.78 is 30.6. The van der Waals surface area contributed by atoms with Crippen molar-refractivity contribution >= 4 is 5.91 Å². The SMILES string of the molecule is [2H]C([2H])(CC([2H])([2H])NC(C)=O)NCCCCNCCCN. The Balaban J connectivity index is 3.79. The lowest BCUT2D eigenvalue weighted by molar-refractivity contribution is -0.118. The molecule has 0 saturated heterocycles. The highest BCUT2D eigenvalue weighted by atomic mass is 16.1. The van der Waals surface area contributed by atoms with Crippen molar-refractivity contribution < 1.29 is 10.3 Å². The first kappa shape index (κ1) is 10.3. The normalized spacial score (nSPS) is 15.6. The molecule has 0 radical (unpaired) electrons. The fourth-order valence-electron chi connectivity index (χ4n) is 1.18. The molecule has 0 atom stereocenters. The number of unbranched alkanes of at least 4 members (excludes halogenated alkanes) is 1. The molecule has 0 aromatic heterocycles. The number of carbonyl (C=O) groups excluding carboxylic acids is 1. The molecule has 102 valence electrons. The smallest absolute Gasteiger partial charge is 0.216 e. The molecule has 0 spiro atoms. The van der Waals surface area contributed by atoms with Crippen LogP contribution in [0.1, 0.15) is 38.1 Å². The topological polar surface area (TPSA) is 79.2 Å². The van der Waals surface area contributed by atoms with E-state index in [0.717, 1.165) is 32.4 Å². The Bertz CT molecular complexity index is 303. The third kappa shape index (κ3) is 15.4. The second kappa shape index (κ2) is 13.4. The fraction of sp³-hybridized carbons (Fsp3) is 0.917. The molecule has 0 bridgehead atoms. The van der Waals surface area contributed by atoms with Gasteiger partial charge in [-0.25, -0.2) is 0 Å². The highest BCUT2D eigenvalue weighted by Gasteiger charge is 1.92. The molecule has 0 aromatic rings. The lowest BCUT2D eigenvalue weighted by Crippen LogP contribution is -2.26. The van der Waals surface area contributed by atoms with Crippen LogP contribution in [0.2, 0.25) is 0 Å². The maximum Gasteiger partial charge on any atom is 0.216 e. The molecule has 5 nitrogen and oxygen atoms in total. The molecule has 0 aliphatic carbocycles. The molecule has 17 heavy (non-hydrogen) atoms. The summed E-state index contributed by atoms with van der Waals surface area (Å²) >= 11 is 0. The van der Waals surface area contributed by atoms with Crippen molar-refractivity contribution in [3.05, 3.63) is 0 Å².